The van der Waals surface area contributed by atoms with Gasteiger partial charge in [-0.1, -0.05) is 54.6 Å². The summed E-state index contributed by atoms with van der Waals surface area (Å²) in [5, 5.41) is 2.50. The minimum atomic E-state index is -0.00564. The summed E-state index contributed by atoms with van der Waals surface area (Å²) in [4.78, 5) is 14.1. The lowest BCUT2D eigenvalue weighted by Crippen LogP contribution is -2.23. The van der Waals surface area contributed by atoms with Crippen molar-refractivity contribution in [2.45, 2.75) is 27.2 Å². The molecular weight excluding hydrogens is 480 g/mol. The molecule has 1 aliphatic rings. The first kappa shape index (κ1) is 24.7. The van der Waals surface area contributed by atoms with Crippen LogP contribution in [-0.2, 0) is 4.74 Å². The van der Waals surface area contributed by atoms with E-state index in [1.165, 1.54) is 5.56 Å². The minimum Gasteiger partial charge on any atom is -0.497 e. The van der Waals surface area contributed by atoms with E-state index >= 15 is 0 Å². The second-order valence-electron chi connectivity index (χ2n) is 10.4. The van der Waals surface area contributed by atoms with Crippen LogP contribution < -0.4 is 10.9 Å². The van der Waals surface area contributed by atoms with Gasteiger partial charge in [-0.3, -0.25) is 9.20 Å². The van der Waals surface area contributed by atoms with Gasteiger partial charge in [0.25, 0.3) is 5.56 Å². The van der Waals surface area contributed by atoms with E-state index in [0.29, 0.717) is 0 Å². The molecule has 0 N–H and O–H groups in total. The van der Waals surface area contributed by atoms with Crippen LogP contribution in [0.15, 0.2) is 83.4 Å². The number of fused-ring (bicyclic) bond motifs is 3. The largest absolute Gasteiger partial charge is 0.497 e. The molecule has 1 aliphatic carbocycles. The molecule has 0 fully saturated rings. The van der Waals surface area contributed by atoms with Crippen molar-refractivity contribution in [3.8, 4) is 0 Å². The minimum absolute atomic E-state index is 0.00564. The molecule has 0 spiro atoms. The summed E-state index contributed by atoms with van der Waals surface area (Å²) in [6.45, 7) is 10.7. The number of aromatic nitrogens is 2. The molecule has 1 aromatic carbocycles. The van der Waals surface area contributed by atoms with Crippen LogP contribution >= 0.6 is 0 Å². The maximum atomic E-state index is 14.1. The van der Waals surface area contributed by atoms with Crippen molar-refractivity contribution in [2.24, 2.45) is 5.92 Å². The van der Waals surface area contributed by atoms with Gasteiger partial charge < -0.3 is 9.14 Å². The SMILES string of the molecule is C=c1c2c(C)c3ccc(/C=C/c4cccc(C)c4)n3c(=O)c2c(C)c2ccc(/C=C/C3C=C(OC)C=CC3)n12. The Kier molecular flexibility index (Phi) is 6.11. The predicted octanol–water partition coefficient (Wildman–Crippen LogP) is 7.05. The Bertz CT molecular complexity index is 2000. The lowest BCUT2D eigenvalue weighted by Gasteiger charge is -2.14. The molecule has 4 nitrogen and oxygen atoms in total. The summed E-state index contributed by atoms with van der Waals surface area (Å²) in [5.74, 6) is 1.16. The average molecular weight is 513 g/mol. The highest BCUT2D eigenvalue weighted by Crippen LogP contribution is 2.27. The fraction of sp³-hybridized carbons (Fsp3) is 0.171. The second-order valence-corrected chi connectivity index (χ2v) is 10.4. The van der Waals surface area contributed by atoms with Crippen LogP contribution in [0.4, 0.5) is 0 Å². The fourth-order valence-corrected chi connectivity index (χ4v) is 5.88. The molecule has 4 heteroatoms. The highest BCUT2D eigenvalue weighted by molar-refractivity contribution is 5.96. The topological polar surface area (TPSA) is 35.1 Å². The number of pyridine rings is 2. The third-order valence-corrected chi connectivity index (χ3v) is 7.87. The fourth-order valence-electron chi connectivity index (χ4n) is 5.88. The van der Waals surface area contributed by atoms with E-state index in [1.54, 1.807) is 7.11 Å². The third-order valence-electron chi connectivity index (χ3n) is 7.87. The number of hydrogen-bond donors (Lipinski definition) is 0. The van der Waals surface area contributed by atoms with E-state index in [0.717, 1.165) is 67.4 Å². The maximum absolute atomic E-state index is 14.1. The Labute approximate surface area is 228 Å². The van der Waals surface area contributed by atoms with Crippen LogP contribution in [0.3, 0.4) is 0 Å². The van der Waals surface area contributed by atoms with Crippen LogP contribution in [0.1, 0.15) is 40.1 Å². The van der Waals surface area contributed by atoms with Gasteiger partial charge in [-0.15, -0.1) is 0 Å². The van der Waals surface area contributed by atoms with E-state index in [4.69, 9.17) is 4.74 Å². The Morgan fingerprint density at radius 1 is 0.897 bits per heavy atom. The number of hydrogen-bond acceptors (Lipinski definition) is 2. The molecular formula is C35H32N2O2. The number of allylic oxidation sites excluding steroid dienone is 4. The van der Waals surface area contributed by atoms with Crippen LogP contribution in [0.2, 0.25) is 0 Å². The van der Waals surface area contributed by atoms with Gasteiger partial charge in [0.15, 0.2) is 0 Å². The number of benzene rings is 1. The van der Waals surface area contributed by atoms with Gasteiger partial charge in [0, 0.05) is 33.6 Å². The maximum Gasteiger partial charge on any atom is 0.263 e. The smallest absolute Gasteiger partial charge is 0.263 e. The molecule has 0 amide bonds. The molecule has 6 rings (SSSR count). The second kappa shape index (κ2) is 9.63. The Morgan fingerprint density at radius 2 is 1.62 bits per heavy atom. The van der Waals surface area contributed by atoms with Crippen molar-refractivity contribution in [3.05, 3.63) is 128 Å². The molecule has 0 bridgehead atoms. The monoisotopic (exact) mass is 512 g/mol. The highest BCUT2D eigenvalue weighted by atomic mass is 16.5. The van der Waals surface area contributed by atoms with Crippen LogP contribution in [0.5, 0.6) is 0 Å². The van der Waals surface area contributed by atoms with E-state index < -0.39 is 0 Å². The van der Waals surface area contributed by atoms with Crippen LogP contribution in [0, 0.1) is 26.7 Å². The van der Waals surface area contributed by atoms with Crippen molar-refractivity contribution in [1.29, 1.82) is 0 Å². The van der Waals surface area contributed by atoms with Gasteiger partial charge in [0.05, 0.1) is 18.0 Å². The first-order valence-electron chi connectivity index (χ1n) is 13.3. The Balaban J connectivity index is 1.51. The number of nitrogens with zero attached hydrogens (tertiary/aromatic N) is 2. The highest BCUT2D eigenvalue weighted by Gasteiger charge is 2.18. The van der Waals surface area contributed by atoms with Gasteiger partial charge in [-0.2, -0.15) is 0 Å². The number of ether oxygens (including phenoxy) is 1. The molecule has 0 saturated heterocycles. The normalized spacial score (nSPS) is 15.9. The molecule has 0 aliphatic heterocycles. The molecule has 0 radical (unpaired) electrons. The predicted molar refractivity (Wildman–Crippen MR) is 164 cm³/mol. The molecule has 4 heterocycles. The molecule has 5 aromatic rings. The number of methoxy groups -OCH3 is 1. The summed E-state index contributed by atoms with van der Waals surface area (Å²) >= 11 is 0. The van der Waals surface area contributed by atoms with Crippen LogP contribution in [0.25, 0.3) is 46.6 Å². The zero-order chi connectivity index (χ0) is 27.3. The molecule has 1 unspecified atom stereocenters. The Hall–Kier alpha value is -4.57. The lowest BCUT2D eigenvalue weighted by atomic mass is 9.99. The van der Waals surface area contributed by atoms with Crippen molar-refractivity contribution < 1.29 is 4.74 Å². The quantitative estimate of drug-likeness (QED) is 0.253. The summed E-state index contributed by atoms with van der Waals surface area (Å²) < 4.78 is 9.42. The average Bonchev–Trinajstić information content (AvgIpc) is 3.57. The zero-order valence-corrected chi connectivity index (χ0v) is 22.9. The van der Waals surface area contributed by atoms with Gasteiger partial charge in [-0.05, 0) is 92.5 Å². The van der Waals surface area contributed by atoms with Gasteiger partial charge >= 0.3 is 0 Å². The standard InChI is InChI=1S/C35H32N2O2/c1-22-8-6-9-26(20-22)12-15-29-17-19-32-23(2)33-25(4)36-28(14-13-27-10-7-11-30(21-27)39-5)16-18-31(36)24(3)34(33)35(38)37(29)32/h6-9,11-21,27H,4,10H2,1-3,5H3/b14-13+,15-12+. The number of aryl methyl sites for hydroxylation is 3. The van der Waals surface area contributed by atoms with E-state index in [1.807, 2.05) is 41.7 Å². The first-order chi connectivity index (χ1) is 18.9. The van der Waals surface area contributed by atoms with Crippen molar-refractivity contribution in [3.63, 3.8) is 0 Å². The molecule has 39 heavy (non-hydrogen) atoms. The van der Waals surface area contributed by atoms with Gasteiger partial charge in [0.1, 0.15) is 5.76 Å². The summed E-state index contributed by atoms with van der Waals surface area (Å²) in [7, 11) is 1.70. The summed E-state index contributed by atoms with van der Waals surface area (Å²) in [6.07, 6.45) is 15.7. The summed E-state index contributed by atoms with van der Waals surface area (Å²) in [5.41, 5.74) is 8.17. The molecule has 0 saturated carbocycles. The lowest BCUT2D eigenvalue weighted by molar-refractivity contribution is 0.301. The van der Waals surface area contributed by atoms with Crippen molar-refractivity contribution in [2.75, 3.05) is 7.11 Å². The third kappa shape index (κ3) is 4.13. The summed E-state index contributed by atoms with van der Waals surface area (Å²) in [6, 6.07) is 16.6. The van der Waals surface area contributed by atoms with Crippen molar-refractivity contribution in [1.82, 2.24) is 8.80 Å². The van der Waals surface area contributed by atoms with Crippen molar-refractivity contribution >= 4 is 46.6 Å². The van der Waals surface area contributed by atoms with Gasteiger partial charge in [-0.25, -0.2) is 0 Å². The molecule has 194 valence electrons. The zero-order valence-electron chi connectivity index (χ0n) is 22.9. The van der Waals surface area contributed by atoms with E-state index in [-0.39, 0.29) is 11.5 Å². The molecule has 4 aromatic heterocycles. The first-order valence-corrected chi connectivity index (χ1v) is 13.3. The van der Waals surface area contributed by atoms with E-state index in [2.05, 4.69) is 85.5 Å². The van der Waals surface area contributed by atoms with Crippen LogP contribution in [-0.4, -0.2) is 15.9 Å². The Morgan fingerprint density at radius 3 is 2.36 bits per heavy atom. The van der Waals surface area contributed by atoms with Gasteiger partial charge in [0.2, 0.25) is 0 Å². The molecule has 1 atom stereocenters. The van der Waals surface area contributed by atoms with E-state index in [9.17, 15) is 4.79 Å². The number of rotatable bonds is 5.